The molecule has 0 bridgehead atoms. The van der Waals surface area contributed by atoms with Crippen LogP contribution in [-0.2, 0) is 16.2 Å². The van der Waals surface area contributed by atoms with Gasteiger partial charge in [0, 0.05) is 13.1 Å². The van der Waals surface area contributed by atoms with Gasteiger partial charge in [0.15, 0.2) is 0 Å². The summed E-state index contributed by atoms with van der Waals surface area (Å²) in [7, 11) is 0. The van der Waals surface area contributed by atoms with Crippen LogP contribution < -0.4 is 4.74 Å². The summed E-state index contributed by atoms with van der Waals surface area (Å²) in [5.74, 6) is 0.0702. The summed E-state index contributed by atoms with van der Waals surface area (Å²) in [6.07, 6.45) is 3.60. The van der Waals surface area contributed by atoms with Crippen molar-refractivity contribution in [3.05, 3.63) is 81.2 Å². The van der Waals surface area contributed by atoms with E-state index in [-0.39, 0.29) is 12.5 Å². The van der Waals surface area contributed by atoms with Crippen LogP contribution in [0, 0.1) is 0 Å². The van der Waals surface area contributed by atoms with Gasteiger partial charge in [-0.25, -0.2) is 0 Å². The summed E-state index contributed by atoms with van der Waals surface area (Å²) < 4.78 is 6.80. The molecule has 0 N–H and O–H groups in total. The lowest BCUT2D eigenvalue weighted by molar-refractivity contribution is -0.135. The lowest BCUT2D eigenvalue weighted by atomic mass is 10.1. The van der Waals surface area contributed by atoms with Gasteiger partial charge in [0.1, 0.15) is 18.9 Å². The zero-order valence-corrected chi connectivity index (χ0v) is 21.3. The Labute approximate surface area is 216 Å². The maximum atomic E-state index is 12.8. The van der Waals surface area contributed by atoms with Crippen LogP contribution in [0.1, 0.15) is 24.0 Å². The van der Waals surface area contributed by atoms with E-state index in [0.29, 0.717) is 30.4 Å². The summed E-state index contributed by atoms with van der Waals surface area (Å²) in [4.78, 5) is 40.7. The van der Waals surface area contributed by atoms with Crippen LogP contribution in [0.3, 0.4) is 0 Å². The molecule has 3 aromatic rings. The highest BCUT2D eigenvalue weighted by Crippen LogP contribution is 2.34. The molecule has 2 heterocycles. The van der Waals surface area contributed by atoms with Gasteiger partial charge in [-0.05, 0) is 80.6 Å². The molecule has 178 valence electrons. The summed E-state index contributed by atoms with van der Waals surface area (Å²) in [6, 6.07) is 19.9. The van der Waals surface area contributed by atoms with Gasteiger partial charge in [-0.2, -0.15) is 0 Å². The lowest BCUT2D eigenvalue weighted by Gasteiger charge is -2.18. The second-order valence-electron chi connectivity index (χ2n) is 8.47. The molecular weight excluding hydrogens is 528 g/mol. The molecule has 0 spiro atoms. The van der Waals surface area contributed by atoms with Gasteiger partial charge in [-0.1, -0.05) is 48.5 Å². The molecule has 0 atom stereocenters. The first-order valence-electron chi connectivity index (χ1n) is 11.4. The molecule has 0 radical (unpaired) electrons. The smallest absolute Gasteiger partial charge is 0.294 e. The highest BCUT2D eigenvalue weighted by molar-refractivity contribution is 9.10. The number of amides is 3. The number of nitrogens with zero attached hydrogens (tertiary/aromatic N) is 2. The Kier molecular flexibility index (Phi) is 6.92. The zero-order valence-electron chi connectivity index (χ0n) is 18.9. The molecule has 5 rings (SSSR count). The van der Waals surface area contributed by atoms with Gasteiger partial charge >= 0.3 is 0 Å². The first kappa shape index (κ1) is 23.6. The lowest BCUT2D eigenvalue weighted by Crippen LogP contribution is -2.40. The molecule has 35 heavy (non-hydrogen) atoms. The van der Waals surface area contributed by atoms with E-state index in [9.17, 15) is 14.4 Å². The third-order valence-electron chi connectivity index (χ3n) is 6.14. The van der Waals surface area contributed by atoms with Gasteiger partial charge < -0.3 is 9.64 Å². The fourth-order valence-electron chi connectivity index (χ4n) is 4.29. The van der Waals surface area contributed by atoms with E-state index in [1.165, 1.54) is 5.39 Å². The molecule has 3 amide bonds. The minimum absolute atomic E-state index is 0.179. The molecule has 0 aromatic heterocycles. The first-order valence-corrected chi connectivity index (χ1v) is 13.0. The van der Waals surface area contributed by atoms with Gasteiger partial charge in [0.2, 0.25) is 5.91 Å². The van der Waals surface area contributed by atoms with Crippen molar-refractivity contribution in [1.29, 1.82) is 0 Å². The average Bonchev–Trinajstić information content (AvgIpc) is 3.49. The Morgan fingerprint density at radius 3 is 2.60 bits per heavy atom. The molecule has 2 saturated heterocycles. The van der Waals surface area contributed by atoms with E-state index < -0.39 is 11.1 Å². The van der Waals surface area contributed by atoms with E-state index in [4.69, 9.17) is 4.74 Å². The second-order valence-corrected chi connectivity index (χ2v) is 10.3. The van der Waals surface area contributed by atoms with Crippen molar-refractivity contribution in [2.24, 2.45) is 0 Å². The normalized spacial score (nSPS) is 17.1. The highest BCUT2D eigenvalue weighted by Gasteiger charge is 2.37. The quantitative estimate of drug-likeness (QED) is 0.360. The number of imide groups is 1. The Morgan fingerprint density at radius 1 is 1.03 bits per heavy atom. The standard InChI is InChI=1S/C27H23BrN2O4S/c28-22-14-18(10-11-23(22)34-17-20-8-5-7-19-6-1-2-9-21(19)20)15-24-26(32)30(27(33)35-24)16-25(31)29-12-3-4-13-29/h1-2,5-11,14-15H,3-4,12-13,16-17H2/b24-15-. The number of fused-ring (bicyclic) bond motifs is 1. The number of ether oxygens (including phenoxy) is 1. The van der Waals surface area contributed by atoms with Crippen molar-refractivity contribution in [2.45, 2.75) is 19.4 Å². The second kappa shape index (κ2) is 10.3. The molecule has 2 aliphatic heterocycles. The van der Waals surface area contributed by atoms with Gasteiger partial charge in [0.25, 0.3) is 11.1 Å². The maximum absolute atomic E-state index is 12.8. The first-order chi connectivity index (χ1) is 17.0. The predicted molar refractivity (Wildman–Crippen MR) is 141 cm³/mol. The third kappa shape index (κ3) is 5.13. The molecule has 0 saturated carbocycles. The van der Waals surface area contributed by atoms with Crippen LogP contribution in [0.2, 0.25) is 0 Å². The van der Waals surface area contributed by atoms with Crippen molar-refractivity contribution in [3.63, 3.8) is 0 Å². The van der Waals surface area contributed by atoms with Crippen molar-refractivity contribution < 1.29 is 19.1 Å². The minimum Gasteiger partial charge on any atom is -0.488 e. The van der Waals surface area contributed by atoms with E-state index in [1.807, 2.05) is 36.4 Å². The number of hydrogen-bond donors (Lipinski definition) is 0. The Bertz CT molecular complexity index is 1340. The van der Waals surface area contributed by atoms with Gasteiger partial charge in [-0.15, -0.1) is 0 Å². The summed E-state index contributed by atoms with van der Waals surface area (Å²) >= 11 is 4.42. The Hall–Kier alpha value is -3.10. The van der Waals surface area contributed by atoms with E-state index >= 15 is 0 Å². The number of thioether (sulfide) groups is 1. The maximum Gasteiger partial charge on any atom is 0.294 e. The van der Waals surface area contributed by atoms with Crippen LogP contribution in [-0.4, -0.2) is 46.5 Å². The van der Waals surface area contributed by atoms with Crippen molar-refractivity contribution >= 4 is 61.6 Å². The summed E-state index contributed by atoms with van der Waals surface area (Å²) in [5, 5.41) is 1.91. The number of rotatable bonds is 6. The fourth-order valence-corrected chi connectivity index (χ4v) is 5.64. The topological polar surface area (TPSA) is 66.9 Å². The van der Waals surface area contributed by atoms with Crippen molar-refractivity contribution in [1.82, 2.24) is 9.80 Å². The molecular formula is C27H23BrN2O4S. The average molecular weight is 551 g/mol. The predicted octanol–water partition coefficient (Wildman–Crippen LogP) is 5.84. The zero-order chi connectivity index (χ0) is 24.4. The van der Waals surface area contributed by atoms with Crippen LogP contribution in [0.5, 0.6) is 5.75 Å². The number of carbonyl (C=O) groups is 3. The van der Waals surface area contributed by atoms with E-state index in [0.717, 1.165) is 50.5 Å². The van der Waals surface area contributed by atoms with Gasteiger partial charge in [0.05, 0.1) is 9.38 Å². The van der Waals surface area contributed by atoms with Crippen LogP contribution in [0.15, 0.2) is 70.0 Å². The highest BCUT2D eigenvalue weighted by atomic mass is 79.9. The van der Waals surface area contributed by atoms with Crippen LogP contribution >= 0.6 is 27.7 Å². The van der Waals surface area contributed by atoms with E-state index in [2.05, 4.69) is 40.2 Å². The van der Waals surface area contributed by atoms with Crippen molar-refractivity contribution in [3.8, 4) is 5.75 Å². The molecule has 0 aliphatic carbocycles. The number of halogens is 1. The number of benzene rings is 3. The fraction of sp³-hybridized carbons (Fsp3) is 0.222. The molecule has 2 fully saturated rings. The summed E-state index contributed by atoms with van der Waals surface area (Å²) in [5.41, 5.74) is 1.85. The van der Waals surface area contributed by atoms with Crippen molar-refractivity contribution in [2.75, 3.05) is 19.6 Å². The Morgan fingerprint density at radius 2 is 1.80 bits per heavy atom. The number of hydrogen-bond acceptors (Lipinski definition) is 5. The largest absolute Gasteiger partial charge is 0.488 e. The van der Waals surface area contributed by atoms with Crippen LogP contribution in [0.4, 0.5) is 4.79 Å². The molecule has 6 nitrogen and oxygen atoms in total. The molecule has 0 unspecified atom stereocenters. The van der Waals surface area contributed by atoms with E-state index in [1.54, 1.807) is 11.0 Å². The monoisotopic (exact) mass is 550 g/mol. The Balaban J connectivity index is 1.26. The molecule has 8 heteroatoms. The summed E-state index contributed by atoms with van der Waals surface area (Å²) in [6.45, 7) is 1.59. The minimum atomic E-state index is -0.431. The van der Waals surface area contributed by atoms with Gasteiger partial charge in [-0.3, -0.25) is 19.3 Å². The molecule has 2 aliphatic rings. The third-order valence-corrected chi connectivity index (χ3v) is 7.67. The molecule has 3 aromatic carbocycles. The SMILES string of the molecule is O=C(CN1C(=O)S/C(=C\c2ccc(OCc3cccc4ccccc34)c(Br)c2)C1=O)N1CCCC1. The van der Waals surface area contributed by atoms with Crippen LogP contribution in [0.25, 0.3) is 16.8 Å². The number of likely N-dealkylation sites (tertiary alicyclic amines) is 1. The number of carbonyl (C=O) groups excluding carboxylic acids is 3.